The second-order valence-electron chi connectivity index (χ2n) is 7.72. The summed E-state index contributed by atoms with van der Waals surface area (Å²) in [6.45, 7) is 3.54. The number of amides is 2. The van der Waals surface area contributed by atoms with Crippen LogP contribution in [0.3, 0.4) is 0 Å². The summed E-state index contributed by atoms with van der Waals surface area (Å²) in [5.41, 5.74) is 4.65. The largest absolute Gasteiger partial charge is 0.493 e. The van der Waals surface area contributed by atoms with E-state index in [2.05, 4.69) is 11.9 Å². The highest BCUT2D eigenvalue weighted by atomic mass is 16.5. The molecule has 8 heteroatoms. The summed E-state index contributed by atoms with van der Waals surface area (Å²) in [6, 6.07) is 11.5. The molecule has 8 nitrogen and oxygen atoms in total. The van der Waals surface area contributed by atoms with Crippen molar-refractivity contribution < 1.29 is 24.2 Å². The number of rotatable bonds is 5. The van der Waals surface area contributed by atoms with E-state index in [-0.39, 0.29) is 5.91 Å². The molecular weight excluding hydrogens is 410 g/mol. The second kappa shape index (κ2) is 8.82. The number of carbonyl (C=O) groups is 2. The van der Waals surface area contributed by atoms with Crippen LogP contribution in [0, 0.1) is 0 Å². The van der Waals surface area contributed by atoms with Crippen LogP contribution in [0.15, 0.2) is 36.4 Å². The van der Waals surface area contributed by atoms with E-state index < -0.39 is 6.09 Å². The molecule has 0 radical (unpaired) electrons. The summed E-state index contributed by atoms with van der Waals surface area (Å²) in [7, 11) is 3.22. The van der Waals surface area contributed by atoms with Gasteiger partial charge in [0.2, 0.25) is 0 Å². The Balaban J connectivity index is 1.67. The molecule has 0 saturated carbocycles. The first-order valence-corrected chi connectivity index (χ1v) is 10.6. The molecule has 0 unspecified atom stereocenters. The third-order valence-electron chi connectivity index (χ3n) is 6.02. The number of methoxy groups -OCH3 is 2. The fourth-order valence-corrected chi connectivity index (χ4v) is 4.27. The minimum Gasteiger partial charge on any atom is -0.493 e. The number of benzene rings is 2. The summed E-state index contributed by atoms with van der Waals surface area (Å²) in [5.74, 6) is 1.25. The molecule has 168 valence electrons. The van der Waals surface area contributed by atoms with Gasteiger partial charge in [-0.05, 0) is 48.4 Å². The average Bonchev–Trinajstić information content (AvgIpc) is 3.20. The highest BCUT2D eigenvalue weighted by Crippen LogP contribution is 2.36. The van der Waals surface area contributed by atoms with Crippen molar-refractivity contribution >= 4 is 22.9 Å². The van der Waals surface area contributed by atoms with Crippen molar-refractivity contribution in [3.05, 3.63) is 47.5 Å². The Morgan fingerprint density at radius 3 is 2.28 bits per heavy atom. The zero-order valence-corrected chi connectivity index (χ0v) is 18.5. The number of piperazine rings is 1. The van der Waals surface area contributed by atoms with Crippen LogP contribution in [0.25, 0.3) is 22.2 Å². The van der Waals surface area contributed by atoms with E-state index in [0.717, 1.165) is 34.1 Å². The SMILES string of the molecule is CCc1c(-c2ccc(OC)c(OC)c2)[nH]c2ccc(C(=O)N3CCN(C(=O)O)CC3)cc12. The number of hydrogen-bond acceptors (Lipinski definition) is 4. The molecule has 0 aliphatic carbocycles. The molecule has 4 rings (SSSR count). The van der Waals surface area contributed by atoms with Crippen molar-refractivity contribution in [2.24, 2.45) is 0 Å². The third-order valence-corrected chi connectivity index (χ3v) is 6.02. The van der Waals surface area contributed by atoms with E-state index in [1.165, 1.54) is 4.90 Å². The number of H-pyrrole nitrogens is 1. The van der Waals surface area contributed by atoms with Crippen LogP contribution in [-0.2, 0) is 6.42 Å². The van der Waals surface area contributed by atoms with E-state index in [1.807, 2.05) is 36.4 Å². The first kappa shape index (κ1) is 21.5. The highest BCUT2D eigenvalue weighted by molar-refractivity contribution is 6.00. The molecule has 0 atom stereocenters. The summed E-state index contributed by atoms with van der Waals surface area (Å²) in [5, 5.41) is 10.1. The molecule has 0 spiro atoms. The number of carbonyl (C=O) groups excluding carboxylic acids is 1. The van der Waals surface area contributed by atoms with Crippen LogP contribution < -0.4 is 9.47 Å². The Bertz CT molecular complexity index is 1160. The fraction of sp³-hybridized carbons (Fsp3) is 0.333. The number of carboxylic acid groups (broad SMARTS) is 1. The Labute approximate surface area is 186 Å². The summed E-state index contributed by atoms with van der Waals surface area (Å²) in [4.78, 5) is 30.7. The maximum Gasteiger partial charge on any atom is 0.407 e. The van der Waals surface area contributed by atoms with Gasteiger partial charge in [0, 0.05) is 53.9 Å². The molecule has 0 bridgehead atoms. The Kier molecular flexibility index (Phi) is 5.94. The molecule has 1 aliphatic rings. The molecular formula is C24H27N3O5. The van der Waals surface area contributed by atoms with Gasteiger partial charge in [0.1, 0.15) is 0 Å². The zero-order valence-electron chi connectivity index (χ0n) is 18.5. The monoisotopic (exact) mass is 437 g/mol. The van der Waals surface area contributed by atoms with Gasteiger partial charge in [0.05, 0.1) is 14.2 Å². The Morgan fingerprint density at radius 1 is 0.969 bits per heavy atom. The maximum absolute atomic E-state index is 13.1. The molecule has 2 aromatic carbocycles. The normalized spacial score (nSPS) is 14.0. The fourth-order valence-electron chi connectivity index (χ4n) is 4.27. The van der Waals surface area contributed by atoms with Crippen molar-refractivity contribution in [2.45, 2.75) is 13.3 Å². The predicted octanol–water partition coefficient (Wildman–Crippen LogP) is 3.85. The number of aromatic amines is 1. The minimum absolute atomic E-state index is 0.0761. The molecule has 2 amide bonds. The van der Waals surface area contributed by atoms with Crippen molar-refractivity contribution in [2.75, 3.05) is 40.4 Å². The van der Waals surface area contributed by atoms with Gasteiger partial charge in [-0.2, -0.15) is 0 Å². The number of aromatic nitrogens is 1. The molecule has 1 saturated heterocycles. The number of fused-ring (bicyclic) bond motifs is 1. The molecule has 1 aromatic heterocycles. The van der Waals surface area contributed by atoms with E-state index in [4.69, 9.17) is 14.6 Å². The topological polar surface area (TPSA) is 95.1 Å². The van der Waals surface area contributed by atoms with Crippen LogP contribution in [0.4, 0.5) is 4.79 Å². The quantitative estimate of drug-likeness (QED) is 0.632. The van der Waals surface area contributed by atoms with Gasteiger partial charge >= 0.3 is 6.09 Å². The second-order valence-corrected chi connectivity index (χ2v) is 7.72. The standard InChI is InChI=1S/C24H27N3O5/c1-4-17-18-13-16(23(28)26-9-11-27(12-10-26)24(29)30)5-7-19(18)25-22(17)15-6-8-20(31-2)21(14-15)32-3/h5-8,13-14,25H,4,9-12H2,1-3H3,(H,29,30). The van der Waals surface area contributed by atoms with Gasteiger partial charge in [0.15, 0.2) is 11.5 Å². The van der Waals surface area contributed by atoms with E-state index in [9.17, 15) is 9.59 Å². The maximum atomic E-state index is 13.1. The summed E-state index contributed by atoms with van der Waals surface area (Å²) in [6.07, 6.45) is -0.153. The zero-order chi connectivity index (χ0) is 22.8. The molecule has 32 heavy (non-hydrogen) atoms. The van der Waals surface area contributed by atoms with Crippen LogP contribution in [0.2, 0.25) is 0 Å². The number of ether oxygens (including phenoxy) is 2. The molecule has 1 fully saturated rings. The van der Waals surface area contributed by atoms with Crippen molar-refractivity contribution in [1.82, 2.24) is 14.8 Å². The van der Waals surface area contributed by atoms with E-state index >= 15 is 0 Å². The summed E-state index contributed by atoms with van der Waals surface area (Å²) < 4.78 is 10.8. The Morgan fingerprint density at radius 2 is 1.66 bits per heavy atom. The lowest BCUT2D eigenvalue weighted by molar-refractivity contribution is 0.0625. The predicted molar refractivity (Wildman–Crippen MR) is 122 cm³/mol. The lowest BCUT2D eigenvalue weighted by Gasteiger charge is -2.33. The van der Waals surface area contributed by atoms with Crippen molar-refractivity contribution in [3.8, 4) is 22.8 Å². The molecule has 2 N–H and O–H groups in total. The van der Waals surface area contributed by atoms with Crippen LogP contribution in [0.5, 0.6) is 11.5 Å². The molecule has 1 aliphatic heterocycles. The van der Waals surface area contributed by atoms with Crippen molar-refractivity contribution in [1.29, 1.82) is 0 Å². The first-order chi connectivity index (χ1) is 15.5. The minimum atomic E-state index is -0.943. The molecule has 2 heterocycles. The third kappa shape index (κ3) is 3.84. The number of aryl methyl sites for hydroxylation is 1. The Hall–Kier alpha value is -3.68. The molecule has 3 aromatic rings. The number of nitrogens with zero attached hydrogens (tertiary/aromatic N) is 2. The van der Waals surface area contributed by atoms with E-state index in [1.54, 1.807) is 19.1 Å². The van der Waals surface area contributed by atoms with E-state index in [0.29, 0.717) is 43.2 Å². The van der Waals surface area contributed by atoms with Gasteiger partial charge in [-0.3, -0.25) is 4.79 Å². The van der Waals surface area contributed by atoms with Gasteiger partial charge in [-0.1, -0.05) is 6.92 Å². The van der Waals surface area contributed by atoms with Gasteiger partial charge < -0.3 is 29.4 Å². The summed E-state index contributed by atoms with van der Waals surface area (Å²) >= 11 is 0. The van der Waals surface area contributed by atoms with Gasteiger partial charge in [-0.15, -0.1) is 0 Å². The number of hydrogen-bond donors (Lipinski definition) is 2. The highest BCUT2D eigenvalue weighted by Gasteiger charge is 2.25. The lowest BCUT2D eigenvalue weighted by atomic mass is 10.0. The van der Waals surface area contributed by atoms with Crippen LogP contribution >= 0.6 is 0 Å². The van der Waals surface area contributed by atoms with Crippen LogP contribution in [0.1, 0.15) is 22.8 Å². The van der Waals surface area contributed by atoms with Gasteiger partial charge in [0.25, 0.3) is 5.91 Å². The van der Waals surface area contributed by atoms with Gasteiger partial charge in [-0.25, -0.2) is 4.79 Å². The smallest absolute Gasteiger partial charge is 0.407 e. The van der Waals surface area contributed by atoms with Crippen molar-refractivity contribution in [3.63, 3.8) is 0 Å². The number of nitrogens with one attached hydrogen (secondary N) is 1. The lowest BCUT2D eigenvalue weighted by Crippen LogP contribution is -2.50. The van der Waals surface area contributed by atoms with Crippen LogP contribution in [-0.4, -0.2) is 72.3 Å². The first-order valence-electron chi connectivity index (χ1n) is 10.6. The average molecular weight is 437 g/mol.